The smallest absolute Gasteiger partial charge is 0.341 e. The van der Waals surface area contributed by atoms with Gasteiger partial charge in [-0.15, -0.1) is 0 Å². The van der Waals surface area contributed by atoms with E-state index >= 15 is 0 Å². The van der Waals surface area contributed by atoms with Gasteiger partial charge in [-0.3, -0.25) is 0 Å². The maximum Gasteiger partial charge on any atom is 0.341 e. The predicted octanol–water partition coefficient (Wildman–Crippen LogP) is 3.90. The second kappa shape index (κ2) is 7.94. The van der Waals surface area contributed by atoms with Gasteiger partial charge in [0.05, 0.1) is 31.3 Å². The van der Waals surface area contributed by atoms with E-state index in [1.807, 2.05) is 42.1 Å². The van der Waals surface area contributed by atoms with Crippen LogP contribution in [0.4, 0.5) is 21.7 Å². The SMILES string of the molecule is COC(=O)c1cnc(Nc2cc(N)c(F)cc2OC)nc1-c1cn(C)c2ccccc12. The summed E-state index contributed by atoms with van der Waals surface area (Å²) < 4.78 is 25.9. The Bertz CT molecular complexity index is 1300. The Balaban J connectivity index is 1.86. The van der Waals surface area contributed by atoms with Crippen molar-refractivity contribution in [1.82, 2.24) is 14.5 Å². The van der Waals surface area contributed by atoms with Crippen LogP contribution in [0.15, 0.2) is 48.8 Å². The van der Waals surface area contributed by atoms with Crippen LogP contribution in [-0.4, -0.2) is 34.7 Å². The minimum atomic E-state index is -0.596. The molecular formula is C22H20FN5O3. The van der Waals surface area contributed by atoms with E-state index in [1.165, 1.54) is 32.5 Å². The number of esters is 1. The number of anilines is 3. The Morgan fingerprint density at radius 3 is 2.74 bits per heavy atom. The Morgan fingerprint density at radius 1 is 1.23 bits per heavy atom. The Kier molecular flexibility index (Phi) is 5.16. The van der Waals surface area contributed by atoms with Crippen molar-refractivity contribution in [3.05, 3.63) is 60.2 Å². The van der Waals surface area contributed by atoms with Crippen LogP contribution in [0, 0.1) is 5.82 Å². The molecule has 0 amide bonds. The lowest BCUT2D eigenvalue weighted by molar-refractivity contribution is 0.0601. The summed E-state index contributed by atoms with van der Waals surface area (Å²) in [6.45, 7) is 0. The summed E-state index contributed by atoms with van der Waals surface area (Å²) in [6, 6.07) is 10.3. The van der Waals surface area contributed by atoms with E-state index in [4.69, 9.17) is 15.2 Å². The number of aryl methyl sites for hydroxylation is 1. The highest BCUT2D eigenvalue weighted by atomic mass is 19.1. The highest BCUT2D eigenvalue weighted by Crippen LogP contribution is 2.34. The average Bonchev–Trinajstić information content (AvgIpc) is 3.12. The van der Waals surface area contributed by atoms with Crippen LogP contribution in [0.5, 0.6) is 5.75 Å². The van der Waals surface area contributed by atoms with Crippen LogP contribution in [-0.2, 0) is 11.8 Å². The van der Waals surface area contributed by atoms with Crippen LogP contribution in [0.25, 0.3) is 22.2 Å². The zero-order valence-corrected chi connectivity index (χ0v) is 17.1. The normalized spacial score (nSPS) is 10.8. The fourth-order valence-corrected chi connectivity index (χ4v) is 3.40. The molecule has 3 N–H and O–H groups in total. The number of hydrogen-bond donors (Lipinski definition) is 2. The third-order valence-electron chi connectivity index (χ3n) is 4.91. The first kappa shape index (κ1) is 20.1. The first-order valence-corrected chi connectivity index (χ1v) is 9.32. The summed E-state index contributed by atoms with van der Waals surface area (Å²) in [5.74, 6) is -0.738. The lowest BCUT2D eigenvalue weighted by Crippen LogP contribution is -2.09. The van der Waals surface area contributed by atoms with Crippen molar-refractivity contribution in [3.8, 4) is 17.0 Å². The van der Waals surface area contributed by atoms with Crippen molar-refractivity contribution in [2.75, 3.05) is 25.3 Å². The highest BCUT2D eigenvalue weighted by molar-refractivity contribution is 6.02. The van der Waals surface area contributed by atoms with Crippen molar-refractivity contribution >= 4 is 34.2 Å². The van der Waals surface area contributed by atoms with Gasteiger partial charge in [0, 0.05) is 42.0 Å². The molecule has 2 aromatic carbocycles. The van der Waals surface area contributed by atoms with E-state index in [9.17, 15) is 9.18 Å². The van der Waals surface area contributed by atoms with Gasteiger partial charge in [0.15, 0.2) is 0 Å². The van der Waals surface area contributed by atoms with Crippen molar-refractivity contribution in [2.24, 2.45) is 7.05 Å². The third kappa shape index (κ3) is 3.61. The second-order valence-electron chi connectivity index (χ2n) is 6.82. The molecule has 0 saturated heterocycles. The molecule has 0 fully saturated rings. The highest BCUT2D eigenvalue weighted by Gasteiger charge is 2.21. The summed E-state index contributed by atoms with van der Waals surface area (Å²) in [5, 5.41) is 3.91. The monoisotopic (exact) mass is 421 g/mol. The number of fused-ring (bicyclic) bond motifs is 1. The van der Waals surface area contributed by atoms with E-state index in [0.29, 0.717) is 11.4 Å². The van der Waals surface area contributed by atoms with Crippen LogP contribution >= 0.6 is 0 Å². The summed E-state index contributed by atoms with van der Waals surface area (Å²) >= 11 is 0. The molecule has 0 aliphatic heterocycles. The lowest BCUT2D eigenvalue weighted by Gasteiger charge is -2.13. The number of carbonyl (C=O) groups is 1. The first-order valence-electron chi connectivity index (χ1n) is 9.32. The van der Waals surface area contributed by atoms with Gasteiger partial charge in [0.1, 0.15) is 17.1 Å². The molecular weight excluding hydrogens is 401 g/mol. The molecule has 0 spiro atoms. The molecule has 0 unspecified atom stereocenters. The largest absolute Gasteiger partial charge is 0.494 e. The van der Waals surface area contributed by atoms with Crippen molar-refractivity contribution in [2.45, 2.75) is 0 Å². The molecule has 4 aromatic rings. The summed E-state index contributed by atoms with van der Waals surface area (Å²) in [5.41, 5.74) is 8.37. The van der Waals surface area contributed by atoms with Gasteiger partial charge < -0.3 is 25.1 Å². The van der Waals surface area contributed by atoms with Gasteiger partial charge in [-0.05, 0) is 12.1 Å². The van der Waals surface area contributed by atoms with E-state index in [1.54, 1.807) is 0 Å². The summed E-state index contributed by atoms with van der Waals surface area (Å²) in [7, 11) is 4.63. The fraction of sp³-hybridized carbons (Fsp3) is 0.136. The van der Waals surface area contributed by atoms with E-state index in [0.717, 1.165) is 16.5 Å². The molecule has 8 nitrogen and oxygen atoms in total. The number of hydrogen-bond acceptors (Lipinski definition) is 7. The topological polar surface area (TPSA) is 104 Å². The molecule has 2 aromatic heterocycles. The number of rotatable bonds is 5. The quantitative estimate of drug-likeness (QED) is 0.372. The molecule has 4 rings (SSSR count). The van der Waals surface area contributed by atoms with E-state index in [2.05, 4.69) is 15.3 Å². The van der Waals surface area contributed by atoms with Gasteiger partial charge in [-0.25, -0.2) is 19.2 Å². The predicted molar refractivity (Wildman–Crippen MR) is 116 cm³/mol. The molecule has 0 radical (unpaired) electrons. The molecule has 0 bridgehead atoms. The second-order valence-corrected chi connectivity index (χ2v) is 6.82. The minimum Gasteiger partial charge on any atom is -0.494 e. The molecule has 0 aliphatic rings. The van der Waals surface area contributed by atoms with Gasteiger partial charge >= 0.3 is 5.97 Å². The van der Waals surface area contributed by atoms with Crippen LogP contribution in [0.2, 0.25) is 0 Å². The number of methoxy groups -OCH3 is 2. The molecule has 0 atom stereocenters. The summed E-state index contributed by atoms with van der Waals surface area (Å²) in [6.07, 6.45) is 3.28. The third-order valence-corrected chi connectivity index (χ3v) is 4.91. The van der Waals surface area contributed by atoms with E-state index < -0.39 is 11.8 Å². The minimum absolute atomic E-state index is 0.0521. The number of aromatic nitrogens is 3. The maximum atomic E-state index is 13.8. The zero-order valence-electron chi connectivity index (χ0n) is 17.1. The molecule has 0 aliphatic carbocycles. The number of ether oxygens (including phenoxy) is 2. The van der Waals surface area contributed by atoms with Gasteiger partial charge in [-0.1, -0.05) is 18.2 Å². The number of nitrogens with one attached hydrogen (secondary N) is 1. The van der Waals surface area contributed by atoms with Gasteiger partial charge in [0.2, 0.25) is 5.95 Å². The Labute approximate surface area is 177 Å². The van der Waals surface area contributed by atoms with Gasteiger partial charge in [0.25, 0.3) is 0 Å². The molecule has 0 saturated carbocycles. The van der Waals surface area contributed by atoms with Crippen molar-refractivity contribution in [1.29, 1.82) is 0 Å². The van der Waals surface area contributed by atoms with Crippen molar-refractivity contribution < 1.29 is 18.7 Å². The molecule has 31 heavy (non-hydrogen) atoms. The molecule has 9 heteroatoms. The van der Waals surface area contributed by atoms with Crippen molar-refractivity contribution in [3.63, 3.8) is 0 Å². The van der Waals surface area contributed by atoms with Crippen LogP contribution < -0.4 is 15.8 Å². The Morgan fingerprint density at radius 2 is 2.00 bits per heavy atom. The first-order chi connectivity index (χ1) is 14.9. The fourth-order valence-electron chi connectivity index (χ4n) is 3.40. The number of para-hydroxylation sites is 1. The average molecular weight is 421 g/mol. The Hall–Kier alpha value is -4.14. The number of benzene rings is 2. The van der Waals surface area contributed by atoms with Crippen LogP contribution in [0.1, 0.15) is 10.4 Å². The zero-order chi connectivity index (χ0) is 22.1. The molecule has 158 valence electrons. The molecule has 2 heterocycles. The number of nitrogens with zero attached hydrogens (tertiary/aromatic N) is 3. The number of carbonyl (C=O) groups excluding carboxylic acids is 1. The van der Waals surface area contributed by atoms with E-state index in [-0.39, 0.29) is 22.9 Å². The van der Waals surface area contributed by atoms with Gasteiger partial charge in [-0.2, -0.15) is 0 Å². The number of nitrogen functional groups attached to an aromatic ring is 1. The summed E-state index contributed by atoms with van der Waals surface area (Å²) in [4.78, 5) is 21.2. The number of halogens is 1. The van der Waals surface area contributed by atoms with Crippen LogP contribution in [0.3, 0.4) is 0 Å². The maximum absolute atomic E-state index is 13.8. The lowest BCUT2D eigenvalue weighted by atomic mass is 10.1. The number of nitrogens with two attached hydrogens (primary N) is 1. The standard InChI is InChI=1S/C22H20FN5O3/c1-28-11-14(12-6-4-5-7-18(12)28)20-13(21(29)31-3)10-25-22(27-20)26-17-9-16(24)15(23)8-19(17)30-2/h4-11H,24H2,1-3H3,(H,25,26,27).